The molecular weight excluding hydrogens is 496 g/mol. The summed E-state index contributed by atoms with van der Waals surface area (Å²) in [4.78, 5) is 27.5. The van der Waals surface area contributed by atoms with Crippen molar-refractivity contribution < 1.29 is 9.90 Å². The molecule has 6 rings (SSSR count). The Hall–Kier alpha value is -3.41. The van der Waals surface area contributed by atoms with Crippen LogP contribution in [0.2, 0.25) is 0 Å². The van der Waals surface area contributed by atoms with Gasteiger partial charge in [-0.3, -0.25) is 14.7 Å². The Morgan fingerprint density at radius 1 is 1.02 bits per heavy atom. The number of hydrogen-bond acceptors (Lipinski definition) is 5. The fourth-order valence-electron chi connectivity index (χ4n) is 6.23. The molecule has 0 bridgehead atoms. The third kappa shape index (κ3) is 6.32. The number of rotatable bonds is 10. The van der Waals surface area contributed by atoms with Crippen LogP contribution in [-0.2, 0) is 6.42 Å². The maximum absolute atomic E-state index is 14.0. The second kappa shape index (κ2) is 11.6. The third-order valence-electron chi connectivity index (χ3n) is 9.20. The van der Waals surface area contributed by atoms with E-state index >= 15 is 0 Å². The van der Waals surface area contributed by atoms with Crippen molar-refractivity contribution in [1.29, 1.82) is 0 Å². The Bertz CT molecular complexity index is 1340. The van der Waals surface area contributed by atoms with Crippen molar-refractivity contribution in [3.63, 3.8) is 0 Å². The second-order valence-electron chi connectivity index (χ2n) is 12.4. The highest BCUT2D eigenvalue weighted by molar-refractivity contribution is 6.09. The Morgan fingerprint density at radius 2 is 1.82 bits per heavy atom. The van der Waals surface area contributed by atoms with Gasteiger partial charge in [-0.2, -0.15) is 0 Å². The van der Waals surface area contributed by atoms with E-state index in [2.05, 4.69) is 33.9 Å². The molecule has 210 valence electrons. The first kappa shape index (κ1) is 26.8. The molecule has 2 saturated carbocycles. The van der Waals surface area contributed by atoms with Gasteiger partial charge >= 0.3 is 0 Å². The monoisotopic (exact) mass is 538 g/mol. The summed E-state index contributed by atoms with van der Waals surface area (Å²) >= 11 is 0. The third-order valence-corrected chi connectivity index (χ3v) is 9.20. The van der Waals surface area contributed by atoms with Crippen molar-refractivity contribution in [2.75, 3.05) is 29.4 Å². The lowest BCUT2D eigenvalue weighted by Gasteiger charge is -2.35. The Morgan fingerprint density at radius 3 is 2.55 bits per heavy atom. The van der Waals surface area contributed by atoms with E-state index in [1.165, 1.54) is 24.1 Å². The van der Waals surface area contributed by atoms with Gasteiger partial charge in [-0.1, -0.05) is 13.0 Å². The summed E-state index contributed by atoms with van der Waals surface area (Å²) in [6, 6.07) is 15.6. The molecule has 3 aromatic rings. The van der Waals surface area contributed by atoms with Gasteiger partial charge < -0.3 is 10.0 Å². The molecule has 1 unspecified atom stereocenters. The molecule has 1 amide bonds. The minimum absolute atomic E-state index is 0.0338. The average molecular weight is 539 g/mol. The number of carbonyl (C=O) groups is 1. The number of phenols is 1. The molecule has 1 saturated heterocycles. The number of phenolic OH excluding ortho intramolecular Hbond substituents is 1. The van der Waals surface area contributed by atoms with Gasteiger partial charge in [0, 0.05) is 43.3 Å². The molecule has 3 fully saturated rings. The summed E-state index contributed by atoms with van der Waals surface area (Å²) in [5.74, 6) is 3.56. The summed E-state index contributed by atoms with van der Waals surface area (Å²) in [7, 11) is 0. The van der Waals surface area contributed by atoms with Crippen LogP contribution >= 0.6 is 0 Å². The highest BCUT2D eigenvalue weighted by atomic mass is 16.3. The Kier molecular flexibility index (Phi) is 7.77. The maximum atomic E-state index is 14.0. The van der Waals surface area contributed by atoms with E-state index in [0.29, 0.717) is 35.7 Å². The first-order valence-electron chi connectivity index (χ1n) is 15.2. The van der Waals surface area contributed by atoms with E-state index in [1.807, 2.05) is 36.2 Å². The highest BCUT2D eigenvalue weighted by Crippen LogP contribution is 2.42. The molecule has 1 aliphatic heterocycles. The number of nitrogens with zero attached hydrogens (tertiary/aromatic N) is 4. The van der Waals surface area contributed by atoms with E-state index in [4.69, 9.17) is 0 Å². The van der Waals surface area contributed by atoms with Crippen molar-refractivity contribution in [2.24, 2.45) is 17.8 Å². The lowest BCUT2D eigenvalue weighted by atomic mass is 9.90. The van der Waals surface area contributed by atoms with Crippen LogP contribution in [0.25, 0.3) is 0 Å². The average Bonchev–Trinajstić information content (AvgIpc) is 3.90. The smallest absolute Gasteiger partial charge is 0.261 e. The topological polar surface area (TPSA) is 69.6 Å². The number of aromatic hydroxyl groups is 1. The molecule has 0 radical (unpaired) electrons. The van der Waals surface area contributed by atoms with Gasteiger partial charge in [0.25, 0.3) is 5.91 Å². The number of carbonyl (C=O) groups excluding carboxylic acids is 1. The largest absolute Gasteiger partial charge is 0.508 e. The predicted molar refractivity (Wildman–Crippen MR) is 160 cm³/mol. The number of hydrogen-bond donors (Lipinski definition) is 1. The molecule has 1 atom stereocenters. The van der Waals surface area contributed by atoms with Crippen molar-refractivity contribution in [3.8, 4) is 5.75 Å². The number of piperidine rings is 1. The van der Waals surface area contributed by atoms with Gasteiger partial charge in [-0.25, -0.2) is 4.98 Å². The molecule has 2 aliphatic carbocycles. The summed E-state index contributed by atoms with van der Waals surface area (Å²) in [6.07, 6.45) is 11.4. The molecule has 6 heteroatoms. The van der Waals surface area contributed by atoms with Crippen LogP contribution in [0.3, 0.4) is 0 Å². The van der Waals surface area contributed by atoms with Crippen LogP contribution in [0.5, 0.6) is 5.75 Å². The van der Waals surface area contributed by atoms with Crippen molar-refractivity contribution >= 4 is 17.4 Å². The summed E-state index contributed by atoms with van der Waals surface area (Å²) in [5.41, 5.74) is 5.04. The van der Waals surface area contributed by atoms with Crippen LogP contribution in [0, 0.1) is 24.7 Å². The normalized spacial score (nSPS) is 18.5. The van der Waals surface area contributed by atoms with Gasteiger partial charge in [-0.05, 0) is 124 Å². The zero-order valence-electron chi connectivity index (χ0n) is 23.9. The minimum atomic E-state index is -0.0338. The number of anilines is 2. The predicted octanol–water partition coefficient (Wildman–Crippen LogP) is 6.91. The maximum Gasteiger partial charge on any atom is 0.261 e. The summed E-state index contributed by atoms with van der Waals surface area (Å²) in [5, 5.41) is 10.4. The van der Waals surface area contributed by atoms with E-state index in [0.717, 1.165) is 68.9 Å². The molecule has 0 spiro atoms. The summed E-state index contributed by atoms with van der Waals surface area (Å²) < 4.78 is 0. The van der Waals surface area contributed by atoms with Gasteiger partial charge in [0.05, 0.1) is 11.3 Å². The van der Waals surface area contributed by atoms with E-state index < -0.39 is 0 Å². The number of aromatic nitrogens is 2. The molecule has 2 aromatic heterocycles. The minimum Gasteiger partial charge on any atom is -0.508 e. The van der Waals surface area contributed by atoms with Gasteiger partial charge in [-0.15, -0.1) is 0 Å². The van der Waals surface area contributed by atoms with Gasteiger partial charge in [0.1, 0.15) is 11.6 Å². The lowest BCUT2D eigenvalue weighted by Crippen LogP contribution is -2.38. The first-order chi connectivity index (χ1) is 19.4. The van der Waals surface area contributed by atoms with E-state index in [-0.39, 0.29) is 11.7 Å². The van der Waals surface area contributed by atoms with Gasteiger partial charge in [0.2, 0.25) is 0 Å². The molecule has 1 N–H and O–H groups in total. The molecule has 6 nitrogen and oxygen atoms in total. The number of amides is 1. The van der Waals surface area contributed by atoms with Gasteiger partial charge in [0.15, 0.2) is 0 Å². The van der Waals surface area contributed by atoms with Crippen molar-refractivity contribution in [2.45, 2.75) is 71.1 Å². The summed E-state index contributed by atoms with van der Waals surface area (Å²) in [6.45, 7) is 6.76. The Balaban J connectivity index is 1.12. The zero-order valence-corrected chi connectivity index (χ0v) is 23.9. The standard InChI is InChI=1S/C34H42N4O2/c1-23-4-3-5-33(36-23)38(22-26-6-7-26)34(40)31-13-12-30(39)21-32(31)37-18-15-25(16-19-37)8-11-29-20-28(14-17-35-29)24(2)27-9-10-27/h3-5,12-14,17,20-21,24-27,39H,6-11,15-16,18-19,22H2,1-2H3. The zero-order chi connectivity index (χ0) is 27.6. The lowest BCUT2D eigenvalue weighted by molar-refractivity contribution is 0.0985. The van der Waals surface area contributed by atoms with Crippen LogP contribution < -0.4 is 9.80 Å². The number of aryl methyl sites for hydroxylation is 2. The molecule has 40 heavy (non-hydrogen) atoms. The first-order valence-corrected chi connectivity index (χ1v) is 15.2. The number of benzene rings is 1. The van der Waals surface area contributed by atoms with Crippen LogP contribution in [-0.4, -0.2) is 40.6 Å². The SMILES string of the molecule is Cc1cccc(N(CC2CC2)C(=O)c2ccc(O)cc2N2CCC(CCc3cc(C(C)C4CC4)ccn3)CC2)n1. The van der Waals surface area contributed by atoms with Crippen molar-refractivity contribution in [1.82, 2.24) is 9.97 Å². The molecule has 3 aliphatic rings. The van der Waals surface area contributed by atoms with Crippen molar-refractivity contribution in [3.05, 3.63) is 77.2 Å². The van der Waals surface area contributed by atoms with E-state index in [9.17, 15) is 9.90 Å². The van der Waals surface area contributed by atoms with Crippen LogP contribution in [0.15, 0.2) is 54.7 Å². The fourth-order valence-corrected chi connectivity index (χ4v) is 6.23. The molecular formula is C34H42N4O2. The fraction of sp³-hybridized carbons (Fsp3) is 0.500. The quantitative estimate of drug-likeness (QED) is 0.304. The molecule has 1 aromatic carbocycles. The number of pyridine rings is 2. The Labute approximate surface area is 238 Å². The molecule has 3 heterocycles. The van der Waals surface area contributed by atoms with Crippen LogP contribution in [0.4, 0.5) is 11.5 Å². The van der Waals surface area contributed by atoms with Crippen LogP contribution in [0.1, 0.15) is 85.1 Å². The second-order valence-corrected chi connectivity index (χ2v) is 12.4. The van der Waals surface area contributed by atoms with E-state index in [1.54, 1.807) is 18.2 Å². The highest BCUT2D eigenvalue weighted by Gasteiger charge is 2.32.